The summed E-state index contributed by atoms with van der Waals surface area (Å²) in [6.07, 6.45) is 0.957. The second-order valence-electron chi connectivity index (χ2n) is 5.70. The van der Waals surface area contributed by atoms with Crippen molar-refractivity contribution in [3.63, 3.8) is 0 Å². The van der Waals surface area contributed by atoms with Crippen LogP contribution in [0, 0.1) is 5.92 Å². The predicted molar refractivity (Wildman–Crippen MR) is 81.7 cm³/mol. The van der Waals surface area contributed by atoms with Gasteiger partial charge in [-0.1, -0.05) is 0 Å². The van der Waals surface area contributed by atoms with Crippen LogP contribution < -0.4 is 0 Å². The Hall–Kier alpha value is -1.12. The van der Waals surface area contributed by atoms with Crippen molar-refractivity contribution in [2.75, 3.05) is 6.61 Å². The maximum atomic E-state index is 12.8. The van der Waals surface area contributed by atoms with Crippen LogP contribution in [0.1, 0.15) is 38.7 Å². The van der Waals surface area contributed by atoms with Crippen LogP contribution in [0.5, 0.6) is 0 Å². The fraction of sp³-hybridized carbons (Fsp3) is 0.500. The van der Waals surface area contributed by atoms with E-state index in [1.807, 2.05) is 37.3 Å². The zero-order valence-electron chi connectivity index (χ0n) is 12.2. The fourth-order valence-corrected chi connectivity index (χ4v) is 3.19. The van der Waals surface area contributed by atoms with Crippen molar-refractivity contribution in [1.29, 1.82) is 0 Å². The number of carbonyl (C=O) groups is 1. The van der Waals surface area contributed by atoms with E-state index < -0.39 is 0 Å². The van der Waals surface area contributed by atoms with Gasteiger partial charge in [-0.05, 0) is 0 Å². The Morgan fingerprint density at radius 3 is 2.60 bits per heavy atom. The SMILES string of the molecule is CC(C)C[C@H]1COC(=[Se])N1C(=O)C(C)c1ccccc1. The van der Waals surface area contributed by atoms with Gasteiger partial charge in [-0.15, -0.1) is 0 Å². The number of nitrogens with zero attached hydrogens (tertiary/aromatic N) is 1. The van der Waals surface area contributed by atoms with E-state index in [0.717, 1.165) is 12.0 Å². The standard InChI is InChI=1S/C16H21NO2Se/c1-11(2)9-14-10-19-16(20)17(14)15(18)12(3)13-7-5-4-6-8-13/h4-8,11-12,14H,9-10H2,1-3H3/t12?,14-/m0/s1. The van der Waals surface area contributed by atoms with Crippen molar-refractivity contribution in [3.05, 3.63) is 35.9 Å². The van der Waals surface area contributed by atoms with Crippen molar-refractivity contribution in [3.8, 4) is 0 Å². The molecule has 1 aromatic rings. The topological polar surface area (TPSA) is 29.5 Å². The van der Waals surface area contributed by atoms with Gasteiger partial charge in [0.05, 0.1) is 0 Å². The van der Waals surface area contributed by atoms with Gasteiger partial charge in [-0.3, -0.25) is 0 Å². The van der Waals surface area contributed by atoms with Crippen molar-refractivity contribution < 1.29 is 9.53 Å². The van der Waals surface area contributed by atoms with Crippen LogP contribution in [0.15, 0.2) is 30.3 Å². The summed E-state index contributed by atoms with van der Waals surface area (Å²) in [5.41, 5.74) is 1.04. The molecule has 1 unspecified atom stereocenters. The molecule has 1 heterocycles. The zero-order chi connectivity index (χ0) is 14.7. The zero-order valence-corrected chi connectivity index (χ0v) is 13.9. The molecule has 1 aromatic carbocycles. The Morgan fingerprint density at radius 2 is 2.00 bits per heavy atom. The summed E-state index contributed by atoms with van der Waals surface area (Å²) in [7, 11) is 0. The number of hydrogen-bond donors (Lipinski definition) is 0. The van der Waals surface area contributed by atoms with Crippen LogP contribution in [0.4, 0.5) is 0 Å². The normalized spacial score (nSPS) is 20.1. The summed E-state index contributed by atoms with van der Waals surface area (Å²) in [6.45, 7) is 6.88. The van der Waals surface area contributed by atoms with Gasteiger partial charge in [-0.2, -0.15) is 0 Å². The van der Waals surface area contributed by atoms with Gasteiger partial charge in [0.15, 0.2) is 0 Å². The third-order valence-electron chi connectivity index (χ3n) is 3.61. The predicted octanol–water partition coefficient (Wildman–Crippen LogP) is 2.32. The fourth-order valence-electron chi connectivity index (χ4n) is 2.54. The number of carbonyl (C=O) groups excluding carboxylic acids is 1. The second kappa shape index (κ2) is 6.55. The molecule has 0 saturated carbocycles. The molecule has 0 radical (unpaired) electrons. The third-order valence-corrected chi connectivity index (χ3v) is 4.27. The first kappa shape index (κ1) is 15.3. The molecule has 0 aliphatic carbocycles. The molecule has 4 heteroatoms. The molecule has 1 saturated heterocycles. The van der Waals surface area contributed by atoms with Crippen LogP contribution in [0.3, 0.4) is 0 Å². The molecule has 1 fully saturated rings. The molecule has 0 spiro atoms. The molecular weight excluding hydrogens is 317 g/mol. The molecule has 3 nitrogen and oxygen atoms in total. The van der Waals surface area contributed by atoms with Crippen molar-refractivity contribution >= 4 is 26.2 Å². The van der Waals surface area contributed by atoms with E-state index in [2.05, 4.69) is 29.4 Å². The van der Waals surface area contributed by atoms with E-state index in [4.69, 9.17) is 4.74 Å². The summed E-state index contributed by atoms with van der Waals surface area (Å²) < 4.78 is 6.17. The van der Waals surface area contributed by atoms with E-state index in [9.17, 15) is 4.79 Å². The summed E-state index contributed by atoms with van der Waals surface area (Å²) in [6, 6.07) is 10.0. The molecule has 0 bridgehead atoms. The quantitative estimate of drug-likeness (QED) is 0.789. The molecule has 108 valence electrons. The molecular formula is C16H21NO2Se. The first-order chi connectivity index (χ1) is 9.50. The van der Waals surface area contributed by atoms with Crippen LogP contribution >= 0.6 is 0 Å². The number of ether oxygens (including phenoxy) is 1. The molecule has 20 heavy (non-hydrogen) atoms. The van der Waals surface area contributed by atoms with Gasteiger partial charge in [0.2, 0.25) is 0 Å². The molecule has 1 aliphatic heterocycles. The molecule has 0 N–H and O–H groups in total. The molecule has 2 atom stereocenters. The van der Waals surface area contributed by atoms with Gasteiger partial charge in [0.25, 0.3) is 0 Å². The van der Waals surface area contributed by atoms with Crippen molar-refractivity contribution in [2.24, 2.45) is 5.92 Å². The Balaban J connectivity index is 2.15. The monoisotopic (exact) mass is 339 g/mol. The minimum absolute atomic E-state index is 0.105. The van der Waals surface area contributed by atoms with Gasteiger partial charge < -0.3 is 0 Å². The Morgan fingerprint density at radius 1 is 1.35 bits per heavy atom. The number of hydrogen-bond acceptors (Lipinski definition) is 2. The van der Waals surface area contributed by atoms with E-state index in [1.54, 1.807) is 4.90 Å². The molecule has 2 rings (SSSR count). The van der Waals surface area contributed by atoms with Crippen LogP contribution in [0.2, 0.25) is 0 Å². The van der Waals surface area contributed by atoms with E-state index in [-0.39, 0.29) is 17.9 Å². The first-order valence-corrected chi connectivity index (χ1v) is 7.91. The van der Waals surface area contributed by atoms with Crippen molar-refractivity contribution in [1.82, 2.24) is 4.90 Å². The average Bonchev–Trinajstić information content (AvgIpc) is 2.78. The first-order valence-electron chi connectivity index (χ1n) is 7.05. The Labute approximate surface area is 128 Å². The number of benzene rings is 1. The van der Waals surface area contributed by atoms with Crippen LogP contribution in [-0.4, -0.2) is 43.8 Å². The second-order valence-corrected chi connectivity index (χ2v) is 6.43. The number of amides is 1. The maximum absolute atomic E-state index is 12.8. The van der Waals surface area contributed by atoms with E-state index in [1.165, 1.54) is 0 Å². The molecule has 1 aliphatic rings. The summed E-state index contributed by atoms with van der Waals surface area (Å²) in [5, 5.41) is 0. The van der Waals surface area contributed by atoms with Crippen molar-refractivity contribution in [2.45, 2.75) is 39.2 Å². The van der Waals surface area contributed by atoms with Crippen LogP contribution in [0.25, 0.3) is 0 Å². The van der Waals surface area contributed by atoms with E-state index >= 15 is 0 Å². The minimum atomic E-state index is -0.157. The molecule has 0 aromatic heterocycles. The molecule has 1 amide bonds. The number of rotatable bonds is 4. The Bertz CT molecular complexity index is 487. The third kappa shape index (κ3) is 3.31. The van der Waals surface area contributed by atoms with Crippen LogP contribution in [-0.2, 0) is 9.53 Å². The van der Waals surface area contributed by atoms with E-state index in [0.29, 0.717) is 17.3 Å². The van der Waals surface area contributed by atoms with Gasteiger partial charge in [0.1, 0.15) is 0 Å². The van der Waals surface area contributed by atoms with Gasteiger partial charge >= 0.3 is 128 Å². The summed E-state index contributed by atoms with van der Waals surface area (Å²) >= 11 is 2.88. The van der Waals surface area contributed by atoms with Gasteiger partial charge in [-0.25, -0.2) is 0 Å². The average molecular weight is 338 g/mol. The summed E-state index contributed by atoms with van der Waals surface area (Å²) in [4.78, 5) is 14.6. The Kier molecular flexibility index (Phi) is 5.00. The van der Waals surface area contributed by atoms with Gasteiger partial charge in [0, 0.05) is 0 Å². The summed E-state index contributed by atoms with van der Waals surface area (Å²) in [5.74, 6) is 0.487.